The molecule has 1 heterocycles. The molecule has 0 radical (unpaired) electrons. The van der Waals surface area contributed by atoms with Crippen LogP contribution in [0.3, 0.4) is 0 Å². The summed E-state index contributed by atoms with van der Waals surface area (Å²) in [7, 11) is 0. The highest BCUT2D eigenvalue weighted by molar-refractivity contribution is 6.30. The number of nitrogens with zero attached hydrogens (tertiary/aromatic N) is 1. The fraction of sp³-hybridized carbons (Fsp3) is 0.429. The molecule has 1 saturated carbocycles. The van der Waals surface area contributed by atoms with Crippen LogP contribution in [0.5, 0.6) is 0 Å². The molecule has 3 rings (SSSR count). The van der Waals surface area contributed by atoms with Crippen LogP contribution >= 0.6 is 11.6 Å². The van der Waals surface area contributed by atoms with Gasteiger partial charge in [-0.25, -0.2) is 0 Å². The lowest BCUT2D eigenvalue weighted by atomic mass is 9.85. The molecule has 1 spiro atoms. The molecular weight excluding hydrogens is 264 g/mol. The largest absolute Gasteiger partial charge is 0.289 e. The Morgan fingerprint density at radius 2 is 1.95 bits per heavy atom. The number of carbonyl (C=O) groups is 2. The molecule has 0 aromatic heterocycles. The van der Waals surface area contributed by atoms with Crippen molar-refractivity contribution in [2.24, 2.45) is 5.41 Å². The van der Waals surface area contributed by atoms with Gasteiger partial charge < -0.3 is 0 Å². The quantitative estimate of drug-likeness (QED) is 0.846. The van der Waals surface area contributed by atoms with Gasteiger partial charge in [0.15, 0.2) is 0 Å². The number of hydrogen-bond acceptors (Lipinski definition) is 3. The molecule has 1 aliphatic heterocycles. The van der Waals surface area contributed by atoms with E-state index in [0.717, 1.165) is 30.7 Å². The van der Waals surface area contributed by atoms with Crippen LogP contribution in [0.1, 0.15) is 32.1 Å². The molecule has 2 amide bonds. The van der Waals surface area contributed by atoms with E-state index in [4.69, 9.17) is 11.6 Å². The van der Waals surface area contributed by atoms with Gasteiger partial charge in [-0.2, -0.15) is 5.01 Å². The predicted octanol–water partition coefficient (Wildman–Crippen LogP) is 2.99. The zero-order valence-corrected chi connectivity index (χ0v) is 11.2. The molecule has 1 N–H and O–H groups in total. The lowest BCUT2D eigenvalue weighted by molar-refractivity contribution is -0.139. The normalized spacial score (nSPS) is 21.4. The first-order valence-corrected chi connectivity index (χ1v) is 6.88. The van der Waals surface area contributed by atoms with Crippen LogP contribution in [-0.2, 0) is 9.59 Å². The van der Waals surface area contributed by atoms with Gasteiger partial charge in [0.25, 0.3) is 5.91 Å². The van der Waals surface area contributed by atoms with Crippen LogP contribution in [0, 0.1) is 5.41 Å². The summed E-state index contributed by atoms with van der Waals surface area (Å²) in [5.41, 5.74) is 3.10. The van der Waals surface area contributed by atoms with Crippen molar-refractivity contribution in [3.05, 3.63) is 29.3 Å². The van der Waals surface area contributed by atoms with Crippen molar-refractivity contribution in [2.75, 3.05) is 5.43 Å². The summed E-state index contributed by atoms with van der Waals surface area (Å²) in [6, 6.07) is 7.01. The summed E-state index contributed by atoms with van der Waals surface area (Å²) in [6.45, 7) is 0. The third kappa shape index (κ3) is 2.10. The molecule has 0 atom stereocenters. The minimum atomic E-state index is -0.442. The Balaban J connectivity index is 1.82. The van der Waals surface area contributed by atoms with Crippen LogP contribution in [0.2, 0.25) is 5.02 Å². The standard InChI is InChI=1S/C14H15ClN2O2/c15-10-4-3-5-11(8-10)16-17-12(18)9-14(13(17)19)6-1-2-7-14/h3-5,8,16H,1-2,6-7,9H2. The first kappa shape index (κ1) is 12.5. The fourth-order valence-corrected chi connectivity index (χ4v) is 3.23. The van der Waals surface area contributed by atoms with E-state index in [0.29, 0.717) is 17.1 Å². The topological polar surface area (TPSA) is 49.4 Å². The van der Waals surface area contributed by atoms with E-state index in [1.165, 1.54) is 0 Å². The molecular formula is C14H15ClN2O2. The molecule has 0 bridgehead atoms. The van der Waals surface area contributed by atoms with Gasteiger partial charge >= 0.3 is 0 Å². The van der Waals surface area contributed by atoms with Crippen LogP contribution in [0.4, 0.5) is 5.69 Å². The molecule has 19 heavy (non-hydrogen) atoms. The summed E-state index contributed by atoms with van der Waals surface area (Å²) in [4.78, 5) is 24.5. The van der Waals surface area contributed by atoms with E-state index in [1.807, 2.05) is 0 Å². The number of rotatable bonds is 2. The minimum Gasteiger partial charge on any atom is -0.289 e. The summed E-state index contributed by atoms with van der Waals surface area (Å²) in [5.74, 6) is -0.234. The van der Waals surface area contributed by atoms with E-state index in [1.54, 1.807) is 24.3 Å². The summed E-state index contributed by atoms with van der Waals surface area (Å²) >= 11 is 5.90. The van der Waals surface area contributed by atoms with Crippen LogP contribution < -0.4 is 5.43 Å². The second kappa shape index (κ2) is 4.53. The van der Waals surface area contributed by atoms with Crippen molar-refractivity contribution in [1.82, 2.24) is 5.01 Å². The number of hydrogen-bond donors (Lipinski definition) is 1. The van der Waals surface area contributed by atoms with Gasteiger partial charge in [-0.1, -0.05) is 30.5 Å². The number of benzene rings is 1. The van der Waals surface area contributed by atoms with Crippen LogP contribution in [0.15, 0.2) is 24.3 Å². The Kier molecular flexibility index (Phi) is 2.97. The molecule has 1 aromatic carbocycles. The van der Waals surface area contributed by atoms with E-state index in [-0.39, 0.29) is 11.8 Å². The Hall–Kier alpha value is -1.55. The molecule has 1 aliphatic carbocycles. The van der Waals surface area contributed by atoms with Gasteiger partial charge in [-0.3, -0.25) is 15.0 Å². The van der Waals surface area contributed by atoms with Gasteiger partial charge in [0.05, 0.1) is 11.1 Å². The number of hydrazine groups is 1. The van der Waals surface area contributed by atoms with Crippen molar-refractivity contribution in [3.63, 3.8) is 0 Å². The maximum atomic E-state index is 12.4. The van der Waals surface area contributed by atoms with Crippen molar-refractivity contribution in [3.8, 4) is 0 Å². The fourth-order valence-electron chi connectivity index (χ4n) is 3.04. The van der Waals surface area contributed by atoms with Gasteiger partial charge in [-0.05, 0) is 31.0 Å². The maximum absolute atomic E-state index is 12.4. The number of carbonyl (C=O) groups excluding carboxylic acids is 2. The smallest absolute Gasteiger partial charge is 0.254 e. The second-order valence-corrected chi connectivity index (χ2v) is 5.76. The summed E-state index contributed by atoms with van der Waals surface area (Å²) < 4.78 is 0. The molecule has 4 nitrogen and oxygen atoms in total. The van der Waals surface area contributed by atoms with Gasteiger partial charge in [0.1, 0.15) is 0 Å². The number of nitrogens with one attached hydrogen (secondary N) is 1. The highest BCUT2D eigenvalue weighted by Gasteiger charge is 2.53. The lowest BCUT2D eigenvalue weighted by Crippen LogP contribution is -2.38. The van der Waals surface area contributed by atoms with Crippen LogP contribution in [0.25, 0.3) is 0 Å². The van der Waals surface area contributed by atoms with E-state index in [9.17, 15) is 9.59 Å². The van der Waals surface area contributed by atoms with E-state index in [2.05, 4.69) is 5.43 Å². The number of halogens is 1. The number of amides is 2. The Morgan fingerprint density at radius 3 is 2.63 bits per heavy atom. The summed E-state index contributed by atoms with van der Waals surface area (Å²) in [6.07, 6.45) is 4.05. The third-order valence-corrected chi connectivity index (χ3v) is 4.26. The van der Waals surface area contributed by atoms with Crippen LogP contribution in [-0.4, -0.2) is 16.8 Å². The minimum absolute atomic E-state index is 0.0880. The zero-order chi connectivity index (χ0) is 13.5. The van der Waals surface area contributed by atoms with Gasteiger partial charge in [-0.15, -0.1) is 0 Å². The van der Waals surface area contributed by atoms with E-state index < -0.39 is 5.41 Å². The highest BCUT2D eigenvalue weighted by Crippen LogP contribution is 2.46. The molecule has 2 aliphatic rings. The van der Waals surface area contributed by atoms with Crippen molar-refractivity contribution >= 4 is 29.1 Å². The maximum Gasteiger partial charge on any atom is 0.254 e. The first-order chi connectivity index (χ1) is 9.11. The third-order valence-electron chi connectivity index (χ3n) is 4.02. The Labute approximate surface area is 116 Å². The average molecular weight is 279 g/mol. The first-order valence-electron chi connectivity index (χ1n) is 6.50. The number of anilines is 1. The average Bonchev–Trinajstić information content (AvgIpc) is 2.92. The predicted molar refractivity (Wildman–Crippen MR) is 72.4 cm³/mol. The summed E-state index contributed by atoms with van der Waals surface area (Å²) in [5, 5.41) is 1.73. The molecule has 1 saturated heterocycles. The Bertz CT molecular complexity index is 538. The molecule has 5 heteroatoms. The van der Waals surface area contributed by atoms with Crippen molar-refractivity contribution in [1.29, 1.82) is 0 Å². The lowest BCUT2D eigenvalue weighted by Gasteiger charge is -2.21. The second-order valence-electron chi connectivity index (χ2n) is 5.32. The number of imide groups is 1. The molecule has 2 fully saturated rings. The van der Waals surface area contributed by atoms with E-state index >= 15 is 0 Å². The SMILES string of the molecule is O=C1CC2(CCCC2)C(=O)N1Nc1cccc(Cl)c1. The van der Waals surface area contributed by atoms with Crippen molar-refractivity contribution in [2.45, 2.75) is 32.1 Å². The molecule has 0 unspecified atom stereocenters. The Morgan fingerprint density at radius 1 is 1.21 bits per heavy atom. The zero-order valence-electron chi connectivity index (χ0n) is 10.5. The van der Waals surface area contributed by atoms with Crippen molar-refractivity contribution < 1.29 is 9.59 Å². The van der Waals surface area contributed by atoms with Gasteiger partial charge in [0.2, 0.25) is 5.91 Å². The molecule has 1 aromatic rings. The highest BCUT2D eigenvalue weighted by atomic mass is 35.5. The molecule has 100 valence electrons. The monoisotopic (exact) mass is 278 g/mol. The van der Waals surface area contributed by atoms with Gasteiger partial charge in [0, 0.05) is 11.4 Å².